The molecule has 128 valence electrons. The summed E-state index contributed by atoms with van der Waals surface area (Å²) in [5.74, 6) is 1.50. The third kappa shape index (κ3) is 3.03. The van der Waals surface area contributed by atoms with Gasteiger partial charge >= 0.3 is 0 Å². The van der Waals surface area contributed by atoms with Gasteiger partial charge in [-0.2, -0.15) is 5.10 Å². The Morgan fingerprint density at radius 3 is 3.00 bits per heavy atom. The lowest BCUT2D eigenvalue weighted by molar-refractivity contribution is 0.0283. The highest BCUT2D eigenvalue weighted by molar-refractivity contribution is 5.93. The SMILES string of the molecule is C=CCC1N(C(=O)c2cc(-c3ccc(C)o3)[nH]n2)CCCC1(C)C. The minimum absolute atomic E-state index is 0.0274. The number of H-pyrrole nitrogens is 1. The molecule has 0 spiro atoms. The molecule has 1 unspecified atom stereocenters. The Morgan fingerprint density at radius 2 is 2.33 bits per heavy atom. The van der Waals surface area contributed by atoms with Crippen molar-refractivity contribution >= 4 is 5.91 Å². The second kappa shape index (κ2) is 6.30. The van der Waals surface area contributed by atoms with Gasteiger partial charge in [-0.3, -0.25) is 9.89 Å². The quantitative estimate of drug-likeness (QED) is 0.857. The maximum absolute atomic E-state index is 13.0. The first-order chi connectivity index (χ1) is 11.4. The topological polar surface area (TPSA) is 62.1 Å². The van der Waals surface area contributed by atoms with Crippen molar-refractivity contribution in [3.8, 4) is 11.5 Å². The van der Waals surface area contributed by atoms with Crippen LogP contribution in [-0.2, 0) is 0 Å². The Labute approximate surface area is 142 Å². The van der Waals surface area contributed by atoms with E-state index in [4.69, 9.17) is 4.42 Å². The Bertz CT molecular complexity index is 741. The van der Waals surface area contributed by atoms with Gasteiger partial charge in [0.05, 0.1) is 0 Å². The molecule has 1 atom stereocenters. The van der Waals surface area contributed by atoms with Crippen LogP contribution in [-0.4, -0.2) is 33.6 Å². The van der Waals surface area contributed by atoms with Crippen LogP contribution in [0, 0.1) is 12.3 Å². The van der Waals surface area contributed by atoms with Gasteiger partial charge < -0.3 is 9.32 Å². The highest BCUT2D eigenvalue weighted by atomic mass is 16.3. The first kappa shape index (κ1) is 16.6. The number of nitrogens with one attached hydrogen (secondary N) is 1. The van der Waals surface area contributed by atoms with E-state index in [1.54, 1.807) is 6.07 Å². The number of furan rings is 1. The van der Waals surface area contributed by atoms with Crippen LogP contribution in [0.3, 0.4) is 0 Å². The summed E-state index contributed by atoms with van der Waals surface area (Å²) < 4.78 is 5.59. The van der Waals surface area contributed by atoms with Crippen molar-refractivity contribution < 1.29 is 9.21 Å². The zero-order valence-electron chi connectivity index (χ0n) is 14.6. The van der Waals surface area contributed by atoms with E-state index in [-0.39, 0.29) is 17.4 Å². The molecule has 0 bridgehead atoms. The van der Waals surface area contributed by atoms with E-state index in [2.05, 4.69) is 30.6 Å². The molecule has 3 rings (SSSR count). The summed E-state index contributed by atoms with van der Waals surface area (Å²) in [6.45, 7) is 11.0. The molecule has 0 saturated carbocycles. The van der Waals surface area contributed by atoms with Gasteiger partial charge in [0.25, 0.3) is 5.91 Å². The largest absolute Gasteiger partial charge is 0.460 e. The standard InChI is InChI=1S/C19H25N3O2/c1-5-7-17-19(3,4)10-6-11-22(17)18(23)15-12-14(20-21-15)16-9-8-13(2)24-16/h5,8-9,12,17H,1,6-7,10-11H2,2-4H3,(H,20,21). The molecule has 0 radical (unpaired) electrons. The number of likely N-dealkylation sites (tertiary alicyclic amines) is 1. The smallest absolute Gasteiger partial charge is 0.274 e. The lowest BCUT2D eigenvalue weighted by atomic mass is 9.75. The molecule has 1 aliphatic rings. The van der Waals surface area contributed by atoms with Crippen molar-refractivity contribution in [2.75, 3.05) is 6.54 Å². The summed E-state index contributed by atoms with van der Waals surface area (Å²) in [5.41, 5.74) is 1.24. The number of aromatic nitrogens is 2. The predicted molar refractivity (Wildman–Crippen MR) is 93.7 cm³/mol. The van der Waals surface area contributed by atoms with Crippen LogP contribution >= 0.6 is 0 Å². The molecule has 5 heteroatoms. The number of aromatic amines is 1. The average molecular weight is 327 g/mol. The van der Waals surface area contributed by atoms with E-state index in [1.165, 1.54) is 0 Å². The molecule has 2 aromatic heterocycles. The zero-order chi connectivity index (χ0) is 17.3. The van der Waals surface area contributed by atoms with Crippen LogP contribution < -0.4 is 0 Å². The van der Waals surface area contributed by atoms with E-state index in [0.29, 0.717) is 11.5 Å². The van der Waals surface area contributed by atoms with Gasteiger partial charge in [-0.25, -0.2) is 0 Å². The molecule has 1 fully saturated rings. The highest BCUT2D eigenvalue weighted by Crippen LogP contribution is 2.37. The van der Waals surface area contributed by atoms with Gasteiger partial charge in [0.2, 0.25) is 0 Å². The Morgan fingerprint density at radius 1 is 1.54 bits per heavy atom. The van der Waals surface area contributed by atoms with Crippen LogP contribution in [0.5, 0.6) is 0 Å². The fourth-order valence-corrected chi connectivity index (χ4v) is 3.58. The number of nitrogens with zero attached hydrogens (tertiary/aromatic N) is 2. The molecular weight excluding hydrogens is 302 g/mol. The third-order valence-electron chi connectivity index (χ3n) is 4.95. The first-order valence-corrected chi connectivity index (χ1v) is 8.46. The van der Waals surface area contributed by atoms with E-state index in [9.17, 15) is 4.79 Å². The molecule has 5 nitrogen and oxygen atoms in total. The lowest BCUT2D eigenvalue weighted by Gasteiger charge is -2.46. The minimum atomic E-state index is -0.0274. The van der Waals surface area contributed by atoms with E-state index >= 15 is 0 Å². The molecule has 1 amide bonds. The fraction of sp³-hybridized carbons (Fsp3) is 0.474. The second-order valence-corrected chi connectivity index (χ2v) is 7.21. The van der Waals surface area contributed by atoms with Crippen molar-refractivity contribution in [3.05, 3.63) is 42.3 Å². The van der Waals surface area contributed by atoms with E-state index < -0.39 is 0 Å². The van der Waals surface area contributed by atoms with E-state index in [1.807, 2.05) is 30.0 Å². The predicted octanol–water partition coefficient (Wildman–Crippen LogP) is 4.19. The maximum Gasteiger partial charge on any atom is 0.274 e. The van der Waals surface area contributed by atoms with Crippen LogP contribution in [0.15, 0.2) is 35.3 Å². The summed E-state index contributed by atoms with van der Waals surface area (Å²) in [7, 11) is 0. The number of carbonyl (C=O) groups is 1. The van der Waals surface area contributed by atoms with Gasteiger partial charge in [-0.05, 0) is 43.7 Å². The molecule has 3 heterocycles. The van der Waals surface area contributed by atoms with Crippen LogP contribution in [0.25, 0.3) is 11.5 Å². The summed E-state index contributed by atoms with van der Waals surface area (Å²) in [6.07, 6.45) is 4.83. The zero-order valence-corrected chi connectivity index (χ0v) is 14.6. The Balaban J connectivity index is 1.85. The Hall–Kier alpha value is -2.30. The van der Waals surface area contributed by atoms with Gasteiger partial charge in [-0.15, -0.1) is 6.58 Å². The number of hydrogen-bond acceptors (Lipinski definition) is 3. The van der Waals surface area contributed by atoms with Crippen molar-refractivity contribution in [2.45, 2.75) is 46.1 Å². The van der Waals surface area contributed by atoms with Crippen LogP contribution in [0.2, 0.25) is 0 Å². The summed E-state index contributed by atoms with van der Waals surface area (Å²) >= 11 is 0. The van der Waals surface area contributed by atoms with Crippen molar-refractivity contribution in [3.63, 3.8) is 0 Å². The monoisotopic (exact) mass is 327 g/mol. The number of hydrogen-bond donors (Lipinski definition) is 1. The first-order valence-electron chi connectivity index (χ1n) is 8.46. The van der Waals surface area contributed by atoms with Gasteiger partial charge in [0.1, 0.15) is 11.5 Å². The fourth-order valence-electron chi connectivity index (χ4n) is 3.58. The molecule has 1 saturated heterocycles. The van der Waals surface area contributed by atoms with Crippen molar-refractivity contribution in [1.29, 1.82) is 0 Å². The van der Waals surface area contributed by atoms with Crippen molar-refractivity contribution in [2.24, 2.45) is 5.41 Å². The highest BCUT2D eigenvalue weighted by Gasteiger charge is 2.39. The third-order valence-corrected chi connectivity index (χ3v) is 4.95. The van der Waals surface area contributed by atoms with Gasteiger partial charge in [0.15, 0.2) is 11.5 Å². The van der Waals surface area contributed by atoms with E-state index in [0.717, 1.165) is 37.3 Å². The number of rotatable bonds is 4. The number of amides is 1. The molecule has 2 aromatic rings. The molecule has 1 aliphatic heterocycles. The van der Waals surface area contributed by atoms with Crippen LogP contribution in [0.1, 0.15) is 49.4 Å². The second-order valence-electron chi connectivity index (χ2n) is 7.21. The number of aryl methyl sites for hydroxylation is 1. The van der Waals surface area contributed by atoms with Crippen molar-refractivity contribution in [1.82, 2.24) is 15.1 Å². The molecule has 1 N–H and O–H groups in total. The van der Waals surface area contributed by atoms with Gasteiger partial charge in [-0.1, -0.05) is 19.9 Å². The number of carbonyl (C=O) groups excluding carboxylic acids is 1. The minimum Gasteiger partial charge on any atom is -0.460 e. The van der Waals surface area contributed by atoms with Gasteiger partial charge in [0, 0.05) is 18.7 Å². The van der Waals surface area contributed by atoms with Crippen LogP contribution in [0.4, 0.5) is 0 Å². The molecular formula is C19H25N3O2. The lowest BCUT2D eigenvalue weighted by Crippen LogP contribution is -2.52. The molecule has 0 aromatic carbocycles. The Kier molecular flexibility index (Phi) is 4.35. The molecule has 0 aliphatic carbocycles. The normalized spacial score (nSPS) is 20.1. The summed E-state index contributed by atoms with van der Waals surface area (Å²) in [6, 6.07) is 5.70. The maximum atomic E-state index is 13.0. The number of piperidine rings is 1. The average Bonchev–Trinajstić information content (AvgIpc) is 3.17. The molecule has 24 heavy (non-hydrogen) atoms. The summed E-state index contributed by atoms with van der Waals surface area (Å²) in [5, 5.41) is 7.13. The summed E-state index contributed by atoms with van der Waals surface area (Å²) in [4.78, 5) is 15.0.